The quantitative estimate of drug-likeness (QED) is 0.822. The number of hydrogen-bond donors (Lipinski definition) is 0. The Morgan fingerprint density at radius 2 is 1.84 bits per heavy atom. The summed E-state index contributed by atoms with van der Waals surface area (Å²) >= 11 is 0. The number of carbonyl (C=O) groups excluding carboxylic acids is 1. The Balaban J connectivity index is 1.97. The van der Waals surface area contributed by atoms with Crippen molar-refractivity contribution in [1.29, 1.82) is 0 Å². The molecule has 1 heterocycles. The molecule has 2 aromatic carbocycles. The third-order valence-electron chi connectivity index (χ3n) is 3.47. The van der Waals surface area contributed by atoms with Gasteiger partial charge in [0.15, 0.2) is 0 Å². The molecule has 3 rings (SSSR count). The second-order valence-electron chi connectivity index (χ2n) is 4.75. The van der Waals surface area contributed by atoms with E-state index in [-0.39, 0.29) is 5.91 Å². The van der Waals surface area contributed by atoms with Crippen LogP contribution in [0.1, 0.15) is 21.5 Å². The molecule has 0 aromatic heterocycles. The zero-order chi connectivity index (χ0) is 13.4. The Morgan fingerprint density at radius 1 is 1.11 bits per heavy atom. The summed E-state index contributed by atoms with van der Waals surface area (Å²) in [6.45, 7) is 2.66. The molecule has 0 saturated heterocycles. The lowest BCUT2D eigenvalue weighted by molar-refractivity contribution is 0.0996. The maximum Gasteiger partial charge on any atom is 0.259 e. The molecular formula is C16H15NO2. The lowest BCUT2D eigenvalue weighted by atomic mass is 10.1. The highest BCUT2D eigenvalue weighted by Crippen LogP contribution is 2.30. The molecule has 0 N–H and O–H groups in total. The first-order valence-corrected chi connectivity index (χ1v) is 6.24. The number of fused-ring (bicyclic) bond motifs is 1. The average Bonchev–Trinajstić information content (AvgIpc) is 2.76. The number of carbonyl (C=O) groups is 1. The predicted octanol–water partition coefficient (Wildman–Crippen LogP) is 3.16. The number of aryl methyl sites for hydroxylation is 1. The first-order valence-electron chi connectivity index (χ1n) is 6.24. The largest absolute Gasteiger partial charge is 0.497 e. The van der Waals surface area contributed by atoms with Crippen LogP contribution in [-0.2, 0) is 6.54 Å². The fraction of sp³-hybridized carbons (Fsp3) is 0.188. The number of nitrogens with zero attached hydrogens (tertiary/aromatic N) is 1. The van der Waals surface area contributed by atoms with Gasteiger partial charge >= 0.3 is 0 Å². The Bertz CT molecular complexity index is 632. The fourth-order valence-electron chi connectivity index (χ4n) is 2.34. The van der Waals surface area contributed by atoms with E-state index in [1.807, 2.05) is 49.4 Å². The van der Waals surface area contributed by atoms with Crippen LogP contribution in [0.5, 0.6) is 5.75 Å². The molecule has 0 bridgehead atoms. The number of anilines is 1. The molecule has 19 heavy (non-hydrogen) atoms. The highest BCUT2D eigenvalue weighted by Gasteiger charge is 2.28. The molecule has 0 radical (unpaired) electrons. The van der Waals surface area contributed by atoms with Crippen LogP contribution in [0.15, 0.2) is 42.5 Å². The first kappa shape index (κ1) is 11.8. The number of amides is 1. The van der Waals surface area contributed by atoms with Gasteiger partial charge in [-0.2, -0.15) is 0 Å². The molecule has 1 amide bonds. The van der Waals surface area contributed by atoms with Crippen molar-refractivity contribution in [2.24, 2.45) is 0 Å². The van der Waals surface area contributed by atoms with Crippen LogP contribution in [0.25, 0.3) is 0 Å². The molecule has 0 saturated carbocycles. The minimum absolute atomic E-state index is 0.0396. The minimum Gasteiger partial charge on any atom is -0.497 e. The van der Waals surface area contributed by atoms with Gasteiger partial charge in [-0.05, 0) is 36.8 Å². The summed E-state index contributed by atoms with van der Waals surface area (Å²) in [6, 6.07) is 13.7. The van der Waals surface area contributed by atoms with E-state index >= 15 is 0 Å². The van der Waals surface area contributed by atoms with Gasteiger partial charge in [-0.3, -0.25) is 4.79 Å². The van der Waals surface area contributed by atoms with E-state index in [1.165, 1.54) is 5.56 Å². The monoisotopic (exact) mass is 253 g/mol. The fourth-order valence-corrected chi connectivity index (χ4v) is 2.34. The SMILES string of the molecule is COc1ccc2c(c1)C(=O)N(c1ccc(C)cc1)C2. The van der Waals surface area contributed by atoms with Crippen LogP contribution < -0.4 is 9.64 Å². The number of benzene rings is 2. The third kappa shape index (κ3) is 1.97. The lowest BCUT2D eigenvalue weighted by Gasteiger charge is -2.15. The Labute approximate surface area is 112 Å². The minimum atomic E-state index is 0.0396. The van der Waals surface area contributed by atoms with Crippen LogP contribution >= 0.6 is 0 Å². The van der Waals surface area contributed by atoms with Gasteiger partial charge in [0.05, 0.1) is 13.7 Å². The molecule has 96 valence electrons. The molecule has 1 aliphatic rings. The van der Waals surface area contributed by atoms with Gasteiger partial charge in [-0.15, -0.1) is 0 Å². The number of rotatable bonds is 2. The molecule has 0 atom stereocenters. The first-order chi connectivity index (χ1) is 9.19. The Morgan fingerprint density at radius 3 is 2.53 bits per heavy atom. The summed E-state index contributed by atoms with van der Waals surface area (Å²) in [5, 5.41) is 0. The van der Waals surface area contributed by atoms with E-state index < -0.39 is 0 Å². The second-order valence-corrected chi connectivity index (χ2v) is 4.75. The van der Waals surface area contributed by atoms with Crippen molar-refractivity contribution < 1.29 is 9.53 Å². The van der Waals surface area contributed by atoms with Crippen molar-refractivity contribution >= 4 is 11.6 Å². The molecule has 1 aliphatic heterocycles. The standard InChI is InChI=1S/C16H15NO2/c1-11-3-6-13(7-4-11)17-10-12-5-8-14(19-2)9-15(12)16(17)18/h3-9H,10H2,1-2H3. The number of ether oxygens (including phenoxy) is 1. The molecule has 0 aliphatic carbocycles. The maximum atomic E-state index is 12.4. The normalized spacial score (nSPS) is 13.6. The summed E-state index contributed by atoms with van der Waals surface area (Å²) in [6.07, 6.45) is 0. The van der Waals surface area contributed by atoms with Gasteiger partial charge < -0.3 is 9.64 Å². The summed E-state index contributed by atoms with van der Waals surface area (Å²) < 4.78 is 5.17. The van der Waals surface area contributed by atoms with E-state index in [0.29, 0.717) is 6.54 Å². The molecule has 3 nitrogen and oxygen atoms in total. The Kier molecular flexibility index (Phi) is 2.75. The highest BCUT2D eigenvalue weighted by atomic mass is 16.5. The average molecular weight is 253 g/mol. The topological polar surface area (TPSA) is 29.5 Å². The van der Waals surface area contributed by atoms with E-state index in [4.69, 9.17) is 4.74 Å². The van der Waals surface area contributed by atoms with Crippen LogP contribution in [0.3, 0.4) is 0 Å². The van der Waals surface area contributed by atoms with Crippen molar-refractivity contribution in [3.63, 3.8) is 0 Å². The van der Waals surface area contributed by atoms with Gasteiger partial charge in [-0.25, -0.2) is 0 Å². The van der Waals surface area contributed by atoms with Crippen molar-refractivity contribution in [3.05, 3.63) is 59.2 Å². The highest BCUT2D eigenvalue weighted by molar-refractivity contribution is 6.10. The van der Waals surface area contributed by atoms with E-state index in [0.717, 1.165) is 22.6 Å². The van der Waals surface area contributed by atoms with Gasteiger partial charge in [0.1, 0.15) is 5.75 Å². The maximum absolute atomic E-state index is 12.4. The van der Waals surface area contributed by atoms with Crippen LogP contribution in [0.2, 0.25) is 0 Å². The van der Waals surface area contributed by atoms with Gasteiger partial charge in [0, 0.05) is 11.3 Å². The van der Waals surface area contributed by atoms with Crippen molar-refractivity contribution in [1.82, 2.24) is 0 Å². The van der Waals surface area contributed by atoms with E-state index in [1.54, 1.807) is 12.0 Å². The van der Waals surface area contributed by atoms with Crippen LogP contribution in [0.4, 0.5) is 5.69 Å². The van der Waals surface area contributed by atoms with E-state index in [2.05, 4.69) is 0 Å². The summed E-state index contributed by atoms with van der Waals surface area (Å²) in [5.74, 6) is 0.760. The lowest BCUT2D eigenvalue weighted by Crippen LogP contribution is -2.22. The van der Waals surface area contributed by atoms with E-state index in [9.17, 15) is 4.79 Å². The zero-order valence-electron chi connectivity index (χ0n) is 11.0. The second kappa shape index (κ2) is 4.43. The molecule has 2 aromatic rings. The molecule has 3 heteroatoms. The van der Waals surface area contributed by atoms with Crippen LogP contribution in [-0.4, -0.2) is 13.0 Å². The van der Waals surface area contributed by atoms with Gasteiger partial charge in [0.25, 0.3) is 5.91 Å². The smallest absolute Gasteiger partial charge is 0.259 e. The predicted molar refractivity (Wildman–Crippen MR) is 74.7 cm³/mol. The summed E-state index contributed by atoms with van der Waals surface area (Å²) in [4.78, 5) is 14.2. The molecule has 0 spiro atoms. The summed E-state index contributed by atoms with van der Waals surface area (Å²) in [7, 11) is 1.61. The van der Waals surface area contributed by atoms with Crippen molar-refractivity contribution in [2.75, 3.05) is 12.0 Å². The Hall–Kier alpha value is -2.29. The molecule has 0 fully saturated rings. The summed E-state index contributed by atoms with van der Waals surface area (Å²) in [5.41, 5.74) is 3.91. The van der Waals surface area contributed by atoms with Crippen molar-refractivity contribution in [3.8, 4) is 5.75 Å². The number of methoxy groups -OCH3 is 1. The third-order valence-corrected chi connectivity index (χ3v) is 3.47. The van der Waals surface area contributed by atoms with Crippen LogP contribution in [0, 0.1) is 6.92 Å². The molecule has 0 unspecified atom stereocenters. The molecular weight excluding hydrogens is 238 g/mol. The zero-order valence-corrected chi connectivity index (χ0v) is 11.0. The van der Waals surface area contributed by atoms with Gasteiger partial charge in [0.2, 0.25) is 0 Å². The van der Waals surface area contributed by atoms with Gasteiger partial charge in [-0.1, -0.05) is 23.8 Å². The van der Waals surface area contributed by atoms with Crippen molar-refractivity contribution in [2.45, 2.75) is 13.5 Å². The number of hydrogen-bond acceptors (Lipinski definition) is 2.